The Morgan fingerprint density at radius 2 is 1.94 bits per heavy atom. The number of unbranched alkanes of at least 4 members (excludes halogenated alkanes) is 1. The van der Waals surface area contributed by atoms with Crippen molar-refractivity contribution in [2.45, 2.75) is 75.9 Å². The van der Waals surface area contributed by atoms with Crippen molar-refractivity contribution in [2.24, 2.45) is 16.8 Å². The summed E-state index contributed by atoms with van der Waals surface area (Å²) in [5.41, 5.74) is 0.402. The second-order valence-electron chi connectivity index (χ2n) is 10.5. The summed E-state index contributed by atoms with van der Waals surface area (Å²) in [6.07, 6.45) is 12.5. The summed E-state index contributed by atoms with van der Waals surface area (Å²) in [4.78, 5) is 22.6. The molecule has 0 aromatic heterocycles. The minimum Gasteiger partial charge on any atom is -0.467 e. The summed E-state index contributed by atoms with van der Waals surface area (Å²) in [5, 5.41) is 0. The average Bonchev–Trinajstić information content (AvgIpc) is 3.21. The Hall–Kier alpha value is -1.60. The van der Waals surface area contributed by atoms with Gasteiger partial charge in [0.15, 0.2) is 5.54 Å². The van der Waals surface area contributed by atoms with E-state index in [-0.39, 0.29) is 17.8 Å². The molecule has 3 atom stereocenters. The molecule has 1 fully saturated rings. The number of carbonyl (C=O) groups excluding carboxylic acids is 1. The third-order valence-corrected chi connectivity index (χ3v) is 8.66. The predicted octanol–water partition coefficient (Wildman–Crippen LogP) is 5.80. The van der Waals surface area contributed by atoms with Gasteiger partial charge in [-0.25, -0.2) is 9.18 Å². The highest BCUT2D eigenvalue weighted by atomic mass is 32.2. The van der Waals surface area contributed by atoms with Crippen LogP contribution in [0.4, 0.5) is 4.39 Å². The Kier molecular flexibility index (Phi) is 10.5. The van der Waals surface area contributed by atoms with Crippen molar-refractivity contribution in [1.29, 1.82) is 0 Å². The first kappa shape index (κ1) is 28.0. The van der Waals surface area contributed by atoms with Gasteiger partial charge in [-0.1, -0.05) is 38.3 Å². The molecule has 35 heavy (non-hydrogen) atoms. The van der Waals surface area contributed by atoms with Crippen LogP contribution in [0.5, 0.6) is 0 Å². The predicted molar refractivity (Wildman–Crippen MR) is 145 cm³/mol. The lowest BCUT2D eigenvalue weighted by molar-refractivity contribution is -0.148. The van der Waals surface area contributed by atoms with Crippen molar-refractivity contribution >= 4 is 24.1 Å². The van der Waals surface area contributed by atoms with E-state index in [0.717, 1.165) is 57.2 Å². The highest BCUT2D eigenvalue weighted by molar-refractivity contribution is 7.98. The standard InChI is InChI=1S/C28H44FN3O2S/c1-6-7-17-32-20-30-28(16-18-35-5,27(33)34-4)25(32)19-21-8-10-22(11-9-21)26(31(2)3)23-12-14-24(29)15-13-23/h12-15,20-22,25-26H,6-11,16-19H2,1-5H3. The summed E-state index contributed by atoms with van der Waals surface area (Å²) in [5.74, 6) is 1.63. The van der Waals surface area contributed by atoms with Crippen molar-refractivity contribution in [3.63, 3.8) is 0 Å². The molecule has 3 rings (SSSR count). The molecule has 1 aliphatic carbocycles. The SMILES string of the molecule is CCCCN1C=NC(CCSC)(C(=O)OC)C1CC1CCC(C(c2ccc(F)cc2)N(C)C)CC1. The summed E-state index contributed by atoms with van der Waals surface area (Å²) in [7, 11) is 5.74. The summed E-state index contributed by atoms with van der Waals surface area (Å²) >= 11 is 1.76. The van der Waals surface area contributed by atoms with Crippen LogP contribution in [0.3, 0.4) is 0 Å². The van der Waals surface area contributed by atoms with Gasteiger partial charge in [0, 0.05) is 12.6 Å². The van der Waals surface area contributed by atoms with Gasteiger partial charge < -0.3 is 14.5 Å². The molecule has 1 aliphatic heterocycles. The molecule has 1 heterocycles. The molecular weight excluding hydrogens is 461 g/mol. The number of benzene rings is 1. The number of ether oxygens (including phenoxy) is 1. The molecule has 0 radical (unpaired) electrons. The highest BCUT2D eigenvalue weighted by Crippen LogP contribution is 2.43. The van der Waals surface area contributed by atoms with Crippen molar-refractivity contribution < 1.29 is 13.9 Å². The van der Waals surface area contributed by atoms with E-state index in [9.17, 15) is 9.18 Å². The van der Waals surface area contributed by atoms with Gasteiger partial charge in [-0.3, -0.25) is 4.99 Å². The molecule has 0 saturated heterocycles. The number of nitrogens with zero attached hydrogens (tertiary/aromatic N) is 3. The van der Waals surface area contributed by atoms with Crippen LogP contribution in [-0.2, 0) is 9.53 Å². The first-order chi connectivity index (χ1) is 16.9. The topological polar surface area (TPSA) is 45.1 Å². The molecule has 3 unspecified atom stereocenters. The Labute approximate surface area is 215 Å². The maximum absolute atomic E-state index is 13.5. The second-order valence-corrected chi connectivity index (χ2v) is 11.5. The Morgan fingerprint density at radius 3 is 2.51 bits per heavy atom. The zero-order valence-corrected chi connectivity index (χ0v) is 23.0. The lowest BCUT2D eigenvalue weighted by Gasteiger charge is -2.41. The molecule has 1 aromatic carbocycles. The fourth-order valence-electron chi connectivity index (χ4n) is 6.17. The summed E-state index contributed by atoms with van der Waals surface area (Å²) in [6, 6.07) is 7.38. The smallest absolute Gasteiger partial charge is 0.336 e. The molecule has 0 N–H and O–H groups in total. The van der Waals surface area contributed by atoms with Crippen LogP contribution in [0.25, 0.3) is 0 Å². The minimum absolute atomic E-state index is 0.0666. The third-order valence-electron chi connectivity index (χ3n) is 8.05. The van der Waals surface area contributed by atoms with E-state index in [0.29, 0.717) is 24.3 Å². The van der Waals surface area contributed by atoms with Crippen LogP contribution in [0.2, 0.25) is 0 Å². The van der Waals surface area contributed by atoms with Crippen LogP contribution in [0.15, 0.2) is 29.3 Å². The molecule has 1 aromatic rings. The van der Waals surface area contributed by atoms with Crippen LogP contribution < -0.4 is 0 Å². The maximum atomic E-state index is 13.5. The first-order valence-corrected chi connectivity index (χ1v) is 14.6. The molecule has 196 valence electrons. The number of esters is 1. The van der Waals surface area contributed by atoms with Crippen molar-refractivity contribution in [3.05, 3.63) is 35.6 Å². The number of rotatable bonds is 12. The first-order valence-electron chi connectivity index (χ1n) is 13.2. The van der Waals surface area contributed by atoms with Crippen LogP contribution in [-0.4, -0.2) is 73.4 Å². The number of thioether (sulfide) groups is 1. The van der Waals surface area contributed by atoms with E-state index in [2.05, 4.69) is 37.1 Å². The van der Waals surface area contributed by atoms with Gasteiger partial charge in [-0.15, -0.1) is 0 Å². The lowest BCUT2D eigenvalue weighted by Crippen LogP contribution is -2.53. The van der Waals surface area contributed by atoms with E-state index in [1.165, 1.54) is 12.7 Å². The Bertz CT molecular complexity index is 826. The molecule has 0 amide bonds. The quantitative estimate of drug-likeness (QED) is 0.336. The van der Waals surface area contributed by atoms with Gasteiger partial charge in [0.05, 0.1) is 19.5 Å². The number of halogens is 1. The number of hydrogen-bond donors (Lipinski definition) is 0. The van der Waals surface area contributed by atoms with Gasteiger partial charge >= 0.3 is 5.97 Å². The zero-order valence-electron chi connectivity index (χ0n) is 22.2. The number of hydrogen-bond acceptors (Lipinski definition) is 6. The molecular formula is C28H44FN3O2S. The van der Waals surface area contributed by atoms with Gasteiger partial charge in [0.25, 0.3) is 0 Å². The molecule has 2 aliphatic rings. The van der Waals surface area contributed by atoms with Gasteiger partial charge in [-0.05, 0) is 87.7 Å². The Morgan fingerprint density at radius 1 is 1.26 bits per heavy atom. The van der Waals surface area contributed by atoms with Crippen molar-refractivity contribution in [2.75, 3.05) is 39.8 Å². The molecule has 0 bridgehead atoms. The molecule has 5 nitrogen and oxygen atoms in total. The second kappa shape index (κ2) is 13.1. The number of methoxy groups -OCH3 is 1. The van der Waals surface area contributed by atoms with E-state index in [1.54, 1.807) is 23.9 Å². The third kappa shape index (κ3) is 6.59. The average molecular weight is 506 g/mol. The zero-order chi connectivity index (χ0) is 25.4. The largest absolute Gasteiger partial charge is 0.467 e. The Balaban J connectivity index is 1.72. The fraction of sp³-hybridized carbons (Fsp3) is 0.714. The molecule has 1 saturated carbocycles. The van der Waals surface area contributed by atoms with E-state index >= 15 is 0 Å². The summed E-state index contributed by atoms with van der Waals surface area (Å²) in [6.45, 7) is 3.14. The summed E-state index contributed by atoms with van der Waals surface area (Å²) < 4.78 is 18.8. The minimum atomic E-state index is -0.789. The van der Waals surface area contributed by atoms with Crippen LogP contribution >= 0.6 is 11.8 Å². The van der Waals surface area contributed by atoms with E-state index in [1.807, 2.05) is 18.5 Å². The van der Waals surface area contributed by atoms with E-state index in [4.69, 9.17) is 9.73 Å². The normalized spacial score (nSPS) is 27.4. The highest BCUT2D eigenvalue weighted by Gasteiger charge is 2.52. The van der Waals surface area contributed by atoms with Crippen LogP contribution in [0.1, 0.15) is 69.9 Å². The molecule has 0 spiro atoms. The number of carbonyl (C=O) groups is 1. The fourth-order valence-corrected chi connectivity index (χ4v) is 6.68. The number of aliphatic imine (C=N–C) groups is 1. The maximum Gasteiger partial charge on any atom is 0.336 e. The molecule has 7 heteroatoms. The monoisotopic (exact) mass is 505 g/mol. The van der Waals surface area contributed by atoms with Crippen molar-refractivity contribution in [1.82, 2.24) is 9.80 Å². The van der Waals surface area contributed by atoms with Gasteiger partial charge in [0.1, 0.15) is 5.82 Å². The lowest BCUT2D eigenvalue weighted by atomic mass is 9.72. The van der Waals surface area contributed by atoms with Gasteiger partial charge in [0.2, 0.25) is 0 Å². The van der Waals surface area contributed by atoms with Crippen LogP contribution in [0, 0.1) is 17.7 Å². The van der Waals surface area contributed by atoms with Crippen molar-refractivity contribution in [3.8, 4) is 0 Å². The van der Waals surface area contributed by atoms with E-state index < -0.39 is 5.54 Å². The van der Waals surface area contributed by atoms with Gasteiger partial charge in [-0.2, -0.15) is 11.8 Å².